The zero-order valence-corrected chi connectivity index (χ0v) is 73.1. The van der Waals surface area contributed by atoms with E-state index in [2.05, 4.69) is 61.2 Å². The zero-order valence-electron chi connectivity index (χ0n) is 73.1. The van der Waals surface area contributed by atoms with Crippen molar-refractivity contribution in [3.8, 4) is 29.1 Å². The minimum atomic E-state index is -1.76. The van der Waals surface area contributed by atoms with E-state index in [4.69, 9.17) is 59.2 Å². The van der Waals surface area contributed by atoms with Crippen molar-refractivity contribution in [2.24, 2.45) is 0 Å². The molecule has 0 bridgehead atoms. The molecule has 0 saturated carbocycles. The fourth-order valence-corrected chi connectivity index (χ4v) is 18.9. The molecule has 2 aliphatic carbocycles. The van der Waals surface area contributed by atoms with Crippen LogP contribution in [0.1, 0.15) is 183 Å². The van der Waals surface area contributed by atoms with Crippen molar-refractivity contribution in [1.29, 1.82) is 5.26 Å². The number of benzene rings is 14. The fourth-order valence-electron chi connectivity index (χ4n) is 18.9. The predicted octanol–water partition coefficient (Wildman–Crippen LogP) is 22.9. The number of unbranched alkanes of at least 4 members (excludes halogenated alkanes) is 6. The third-order valence-corrected chi connectivity index (χ3v) is 25.6. The summed E-state index contributed by atoms with van der Waals surface area (Å²) in [7, 11) is 0. The summed E-state index contributed by atoms with van der Waals surface area (Å²) in [5.74, 6) is -0.583. The SMILES string of the molecule is CC1(C)O[C@@H](C(O)(c2ccc3ccccc3c2)c2ccc3ccccc3c2)[C@H](C(O)(c2ccc3ccccc3c2)c2ccc3ccccc3c2)O1.CCCCCCOc1ccc(C(=O)O[C@@H]2CO[C@H]3[C@@H]2OC[C@H]3OC(=O)c2ccc(OCCCCCC)cc2)cc1.[C-]#[N+]c1ccc(C(=O)Oc2cccc3c2C2(CCc4cccc(OC(=O)c5ccc(C#N)cc5)c42)CC3)cc1. The molecule has 3 fully saturated rings. The van der Waals surface area contributed by atoms with Crippen LogP contribution in [0.15, 0.2) is 303 Å². The molecule has 18 nitrogen and oxygen atoms in total. The van der Waals surface area contributed by atoms with Crippen molar-refractivity contribution in [2.75, 3.05) is 26.4 Å². The summed E-state index contributed by atoms with van der Waals surface area (Å²) in [5.41, 5.74) is 5.31. The molecular formula is C112H102N2O16. The maximum absolute atomic E-state index is 13.7. The van der Waals surface area contributed by atoms with Gasteiger partial charge in [-0.2, -0.15) is 5.26 Å². The van der Waals surface area contributed by atoms with Crippen LogP contribution in [0.5, 0.6) is 23.0 Å². The summed E-state index contributed by atoms with van der Waals surface area (Å²) in [6.45, 7) is 16.9. The molecule has 0 radical (unpaired) electrons. The summed E-state index contributed by atoms with van der Waals surface area (Å²) < 4.78 is 60.3. The first-order chi connectivity index (χ1) is 63.3. The van der Waals surface area contributed by atoms with Crippen LogP contribution in [-0.2, 0) is 57.9 Å². The standard InChI is InChI=1S/C47H38O4.C33H22N2O4.C32H42O8/c1-45(2)50-43(46(48,39-23-19-31-11-3-7-15-35(31)27-39)40-24-20-32-12-4-8-16-36(32)28-40)44(51-45)47(49,41-25-21-33-13-5-9-17-37(33)29-41)42-26-22-34-14-6-10-18-38(34)30-42;1-35-26-14-12-25(13-15-26)32(37)39-28-7-3-5-23-17-19-33(30(23)28)18-16-22-4-2-6-27(29(22)33)38-31(36)24-10-8-21(20-34)9-11-24;1-3-5-7-9-19-35-25-15-11-23(12-16-25)31(33)39-27-21-37-30-28(22-38-29(27)30)40-32(34)24-13-17-26(18-14-24)36-20-10-8-6-4-2/h3-30,43-44,48-49H,1-2H3;2-15H,16-19H2;11-18,27-30H,3-10,19-22H2,1-2H3/t43-,44-;;27-,28-,29-,30-/m1.1/s1. The highest BCUT2D eigenvalue weighted by atomic mass is 16.8. The topological polar surface area (TPSA) is 229 Å². The van der Waals surface area contributed by atoms with Crippen molar-refractivity contribution in [3.05, 3.63) is 387 Å². The van der Waals surface area contributed by atoms with Gasteiger partial charge in [0.1, 0.15) is 58.6 Å². The molecule has 18 heteroatoms. The third kappa shape index (κ3) is 18.7. The molecule has 3 heterocycles. The Balaban J connectivity index is 0.000000139. The zero-order chi connectivity index (χ0) is 89.9. The Morgan fingerprint density at radius 2 is 0.769 bits per heavy atom. The number of hydrogen-bond acceptors (Lipinski definition) is 17. The van der Waals surface area contributed by atoms with Gasteiger partial charge in [-0.15, -0.1) is 0 Å². The van der Waals surface area contributed by atoms with Gasteiger partial charge in [0.25, 0.3) is 0 Å². The number of nitriles is 1. The molecule has 5 aliphatic rings. The Labute approximate surface area is 756 Å². The Morgan fingerprint density at radius 3 is 1.12 bits per heavy atom. The Kier molecular flexibility index (Phi) is 26.6. The minimum absolute atomic E-state index is 0.179. The largest absolute Gasteiger partial charge is 0.494 e. The van der Waals surface area contributed by atoms with Gasteiger partial charge < -0.3 is 57.6 Å². The first-order valence-corrected chi connectivity index (χ1v) is 44.9. The van der Waals surface area contributed by atoms with Gasteiger partial charge in [-0.05, 0) is 238 Å². The smallest absolute Gasteiger partial charge is 0.343 e. The number of rotatable bonds is 26. The second kappa shape index (κ2) is 39.1. The minimum Gasteiger partial charge on any atom is -0.494 e. The lowest BCUT2D eigenvalue weighted by Gasteiger charge is -2.43. The fraction of sp³-hybridized carbons (Fsp3) is 0.268. The van der Waals surface area contributed by atoms with E-state index in [0.717, 1.165) is 128 Å². The van der Waals surface area contributed by atoms with Crippen LogP contribution in [0.25, 0.3) is 47.9 Å². The van der Waals surface area contributed by atoms with Crippen molar-refractivity contribution >= 4 is 72.7 Å². The van der Waals surface area contributed by atoms with Gasteiger partial charge in [-0.1, -0.05) is 246 Å². The van der Waals surface area contributed by atoms with Gasteiger partial charge in [0, 0.05) is 16.5 Å². The van der Waals surface area contributed by atoms with Gasteiger partial charge >= 0.3 is 23.9 Å². The lowest BCUT2D eigenvalue weighted by atomic mass is 9.71. The van der Waals surface area contributed by atoms with Crippen LogP contribution in [-0.4, -0.2) is 103 Å². The van der Waals surface area contributed by atoms with Crippen molar-refractivity contribution < 1.29 is 76.8 Å². The van der Waals surface area contributed by atoms with Crippen LogP contribution in [0.4, 0.5) is 5.69 Å². The van der Waals surface area contributed by atoms with E-state index < -0.39 is 82.9 Å². The quantitative estimate of drug-likeness (QED) is 0.0222. The predicted molar refractivity (Wildman–Crippen MR) is 500 cm³/mol. The monoisotopic (exact) mass is 1730 g/mol. The van der Waals surface area contributed by atoms with Crippen LogP contribution in [0.3, 0.4) is 0 Å². The van der Waals surface area contributed by atoms with Gasteiger partial charge in [-0.25, -0.2) is 24.0 Å². The molecule has 0 amide bonds. The molecule has 3 aliphatic heterocycles. The molecule has 130 heavy (non-hydrogen) atoms. The van der Waals surface area contributed by atoms with E-state index in [0.29, 0.717) is 80.5 Å². The van der Waals surface area contributed by atoms with Crippen molar-refractivity contribution in [3.63, 3.8) is 0 Å². The highest BCUT2D eigenvalue weighted by Gasteiger charge is 2.62. The van der Waals surface area contributed by atoms with Gasteiger partial charge in [0.2, 0.25) is 0 Å². The van der Waals surface area contributed by atoms with E-state index in [-0.39, 0.29) is 13.2 Å². The average molecular weight is 1730 g/mol. The number of nitrogens with zero attached hydrogens (tertiary/aromatic N) is 2. The highest BCUT2D eigenvalue weighted by Crippen LogP contribution is 2.58. The van der Waals surface area contributed by atoms with Crippen LogP contribution < -0.4 is 18.9 Å². The third-order valence-electron chi connectivity index (χ3n) is 25.6. The number of aryl methyl sites for hydroxylation is 2. The molecule has 14 aromatic carbocycles. The molecule has 1 spiro atoms. The van der Waals surface area contributed by atoms with Gasteiger partial charge in [0.05, 0.1) is 66.9 Å². The number of hydrogen-bond donors (Lipinski definition) is 2. The van der Waals surface area contributed by atoms with E-state index in [1.807, 2.05) is 184 Å². The van der Waals surface area contributed by atoms with E-state index in [9.17, 15) is 29.4 Å². The number of carbonyl (C=O) groups excluding carboxylic acids is 4. The molecule has 7 atom stereocenters. The van der Waals surface area contributed by atoms with Crippen LogP contribution >= 0.6 is 0 Å². The van der Waals surface area contributed by atoms with Gasteiger partial charge in [-0.3, -0.25) is 0 Å². The lowest BCUT2D eigenvalue weighted by molar-refractivity contribution is -0.172. The van der Waals surface area contributed by atoms with Crippen LogP contribution in [0.2, 0.25) is 0 Å². The molecule has 3 saturated heterocycles. The van der Waals surface area contributed by atoms with Crippen molar-refractivity contribution in [2.45, 2.75) is 164 Å². The van der Waals surface area contributed by atoms with Crippen molar-refractivity contribution in [1.82, 2.24) is 0 Å². The number of esters is 4. The number of aliphatic hydroxyl groups is 2. The van der Waals surface area contributed by atoms with Gasteiger partial charge in [0.15, 0.2) is 23.7 Å². The van der Waals surface area contributed by atoms with E-state index in [1.165, 1.54) is 25.7 Å². The Hall–Kier alpha value is -13.7. The first kappa shape index (κ1) is 88.4. The van der Waals surface area contributed by atoms with Crippen LogP contribution in [0, 0.1) is 17.9 Å². The number of ether oxygens (including phenoxy) is 10. The summed E-state index contributed by atoms with van der Waals surface area (Å²) in [6, 6.07) is 96.9. The Bertz CT molecular complexity index is 6000. The second-order valence-corrected chi connectivity index (χ2v) is 34.4. The molecule has 1 unspecified atom stereocenters. The second-order valence-electron chi connectivity index (χ2n) is 34.4. The normalized spacial score (nSPS) is 18.6. The number of carbonyl (C=O) groups is 4. The molecule has 14 aromatic rings. The summed E-state index contributed by atoms with van der Waals surface area (Å²) in [6.07, 6.45) is 8.12. The van der Waals surface area contributed by atoms with E-state index >= 15 is 0 Å². The molecular weight excluding hydrogens is 1630 g/mol. The maximum Gasteiger partial charge on any atom is 0.343 e. The molecule has 2 N–H and O–H groups in total. The Morgan fingerprint density at radius 1 is 0.423 bits per heavy atom. The summed E-state index contributed by atoms with van der Waals surface area (Å²) >= 11 is 0. The highest BCUT2D eigenvalue weighted by molar-refractivity contribution is 5.94. The molecule has 656 valence electrons. The maximum atomic E-state index is 13.7. The summed E-state index contributed by atoms with van der Waals surface area (Å²) in [4.78, 5) is 55.0. The van der Waals surface area contributed by atoms with E-state index in [1.54, 1.807) is 97.1 Å². The first-order valence-electron chi connectivity index (χ1n) is 44.9. The average Bonchev–Trinajstić information content (AvgIpc) is 1.44. The molecule has 19 rings (SSSR count). The molecule has 0 aromatic heterocycles. The number of fused-ring (bicyclic) bond motifs is 9. The summed E-state index contributed by atoms with van der Waals surface area (Å²) in [5, 5.41) is 44.6. The lowest BCUT2D eigenvalue weighted by Crippen LogP contribution is -2.55.